The second-order valence-corrected chi connectivity index (χ2v) is 19.9. The Morgan fingerprint density at radius 3 is 2.20 bits per heavy atom. The minimum Gasteiger partial charge on any atom is -0.508 e. The highest BCUT2D eigenvalue weighted by molar-refractivity contribution is 6.31. The average Bonchev–Trinajstić information content (AvgIpc) is 3.69. The summed E-state index contributed by atoms with van der Waals surface area (Å²) in [5, 5.41) is 35.5. The van der Waals surface area contributed by atoms with Crippen molar-refractivity contribution in [2.24, 2.45) is 16.7 Å². The molecule has 2 aromatic carbocycles. The highest BCUT2D eigenvalue weighted by atomic mass is 35.5. The standard InChI is InChI=1S/C42H54N10O3.C7H4ClNO/c1-27(53)50-20-14-35-33(25-50)36(51-15-6-7-30-21-28(22-43)8-9-34(30)51)47-52(35)32-12-18-48(19-13-32)38(55)29-10-16-49(17-11-29)40-44-23-31(24-45-40)37(54)46-39-41(2,3)26-42(39,4)5;8-7-3-6(10)2-1-5(7)4-9/h8-9,21,23-24,29,32,39H,6-7,10-20,25-26H2,1-5H3,(H,46,54);1-3,10H. The van der Waals surface area contributed by atoms with E-state index in [9.17, 15) is 19.6 Å². The normalized spacial score (nSPS) is 19.4. The Hall–Kier alpha value is -6.19. The summed E-state index contributed by atoms with van der Waals surface area (Å²) in [5.74, 6) is 1.72. The van der Waals surface area contributed by atoms with E-state index in [1.165, 1.54) is 23.9 Å². The van der Waals surface area contributed by atoms with E-state index < -0.39 is 0 Å². The van der Waals surface area contributed by atoms with Crippen molar-refractivity contribution < 1.29 is 19.5 Å². The lowest BCUT2D eigenvalue weighted by atomic mass is 9.52. The lowest BCUT2D eigenvalue weighted by Crippen LogP contribution is -2.63. The number of likely N-dealkylation sites (tertiary alicyclic amines) is 1. The van der Waals surface area contributed by atoms with E-state index >= 15 is 0 Å². The highest BCUT2D eigenvalue weighted by Gasteiger charge is 2.53. The van der Waals surface area contributed by atoms with E-state index in [2.05, 4.69) is 63.5 Å². The Morgan fingerprint density at radius 1 is 0.862 bits per heavy atom. The maximum absolute atomic E-state index is 13.8. The molecule has 340 valence electrons. The Morgan fingerprint density at radius 2 is 1.57 bits per heavy atom. The van der Waals surface area contributed by atoms with Gasteiger partial charge in [0.25, 0.3) is 5.91 Å². The lowest BCUT2D eigenvalue weighted by molar-refractivity contribution is -0.137. The SMILES string of the molecule is CC(=O)N1CCc2c(c(N3CCCc4cc(C#N)ccc43)nn2C2CCN(C(=O)C3CCN(c4ncc(C(=O)NC5C(C)(C)CC5(C)C)cn4)CC3)CC2)C1.N#Cc1ccc(O)cc1Cl. The minimum atomic E-state index is -0.137. The van der Waals surface area contributed by atoms with Crippen molar-refractivity contribution >= 4 is 46.8 Å². The van der Waals surface area contributed by atoms with Crippen LogP contribution in [0.5, 0.6) is 5.75 Å². The number of phenolic OH excluding ortho intramolecular Hbond substituents is 1. The molecule has 6 heterocycles. The first-order valence-electron chi connectivity index (χ1n) is 22.8. The number of hydrogen-bond acceptors (Lipinski definition) is 11. The van der Waals surface area contributed by atoms with Crippen molar-refractivity contribution in [3.63, 3.8) is 0 Å². The molecular weight excluding hydrogens is 842 g/mol. The van der Waals surface area contributed by atoms with E-state index in [1.54, 1.807) is 19.3 Å². The molecule has 2 saturated heterocycles. The molecule has 16 heteroatoms. The van der Waals surface area contributed by atoms with Gasteiger partial charge in [-0.25, -0.2) is 9.97 Å². The molecule has 1 saturated carbocycles. The van der Waals surface area contributed by atoms with Crippen molar-refractivity contribution in [3.8, 4) is 17.9 Å². The Balaban J connectivity index is 0.000000511. The first-order chi connectivity index (χ1) is 31.1. The molecule has 4 aliphatic heterocycles. The van der Waals surface area contributed by atoms with E-state index in [4.69, 9.17) is 27.1 Å². The quantitative estimate of drug-likeness (QED) is 0.201. The van der Waals surface area contributed by atoms with Crippen LogP contribution in [0, 0.1) is 39.4 Å². The van der Waals surface area contributed by atoms with Gasteiger partial charge in [-0.05, 0) is 97.7 Å². The van der Waals surface area contributed by atoms with Gasteiger partial charge in [-0.3, -0.25) is 19.1 Å². The third-order valence-electron chi connectivity index (χ3n) is 14.1. The summed E-state index contributed by atoms with van der Waals surface area (Å²) >= 11 is 5.55. The van der Waals surface area contributed by atoms with Gasteiger partial charge in [0.05, 0.1) is 40.4 Å². The zero-order valence-electron chi connectivity index (χ0n) is 38.0. The monoisotopic (exact) mass is 899 g/mol. The van der Waals surface area contributed by atoms with E-state index in [1.807, 2.05) is 34.1 Å². The lowest BCUT2D eigenvalue weighted by Gasteiger charge is -2.57. The Kier molecular flexibility index (Phi) is 12.8. The Bertz CT molecular complexity index is 2530. The van der Waals surface area contributed by atoms with Gasteiger partial charge >= 0.3 is 0 Å². The van der Waals surface area contributed by atoms with Crippen LogP contribution in [-0.2, 0) is 29.0 Å². The van der Waals surface area contributed by atoms with Crippen molar-refractivity contribution in [2.45, 2.75) is 105 Å². The van der Waals surface area contributed by atoms with Crippen molar-refractivity contribution in [2.75, 3.05) is 49.1 Å². The number of aromatic nitrogens is 4. The fourth-order valence-corrected chi connectivity index (χ4v) is 11.3. The van der Waals surface area contributed by atoms with Gasteiger partial charge in [-0.2, -0.15) is 15.6 Å². The van der Waals surface area contributed by atoms with Gasteiger partial charge in [0, 0.05) is 93.9 Å². The van der Waals surface area contributed by atoms with Crippen LogP contribution in [0.15, 0.2) is 48.8 Å². The minimum absolute atomic E-state index is 0.0330. The second-order valence-electron chi connectivity index (χ2n) is 19.5. The number of anilines is 3. The van der Waals surface area contributed by atoms with Crippen molar-refractivity contribution in [1.82, 2.24) is 34.9 Å². The molecule has 65 heavy (non-hydrogen) atoms. The van der Waals surface area contributed by atoms with Crippen LogP contribution in [-0.4, -0.2) is 97.7 Å². The molecule has 2 N–H and O–H groups in total. The van der Waals surface area contributed by atoms with E-state index in [-0.39, 0.29) is 57.3 Å². The van der Waals surface area contributed by atoms with Gasteiger partial charge in [0.15, 0.2) is 5.82 Å². The molecule has 0 radical (unpaired) electrons. The number of aromatic hydroxyl groups is 1. The molecular formula is C49H58ClN11O4. The predicted octanol–water partition coefficient (Wildman–Crippen LogP) is 7.09. The van der Waals surface area contributed by atoms with Crippen LogP contribution >= 0.6 is 11.6 Å². The molecule has 0 atom stereocenters. The van der Waals surface area contributed by atoms with Crippen molar-refractivity contribution in [1.29, 1.82) is 10.5 Å². The molecule has 3 amide bonds. The molecule has 0 unspecified atom stereocenters. The summed E-state index contributed by atoms with van der Waals surface area (Å²) in [5.41, 5.74) is 6.21. The molecule has 9 rings (SSSR count). The zero-order chi connectivity index (χ0) is 46.2. The number of nitriles is 2. The van der Waals surface area contributed by atoms with Crippen LogP contribution < -0.4 is 15.1 Å². The number of benzene rings is 2. The molecule has 4 aromatic rings. The summed E-state index contributed by atoms with van der Waals surface area (Å²) in [7, 11) is 0. The van der Waals surface area contributed by atoms with Crippen LogP contribution in [0.1, 0.15) is 117 Å². The average molecular weight is 901 g/mol. The van der Waals surface area contributed by atoms with Gasteiger partial charge < -0.3 is 30.0 Å². The number of amides is 3. The maximum Gasteiger partial charge on any atom is 0.254 e. The predicted molar refractivity (Wildman–Crippen MR) is 247 cm³/mol. The number of rotatable bonds is 6. The summed E-state index contributed by atoms with van der Waals surface area (Å²) in [6.07, 6.45) is 10.1. The van der Waals surface area contributed by atoms with E-state index in [0.29, 0.717) is 61.9 Å². The first kappa shape index (κ1) is 45.4. The largest absolute Gasteiger partial charge is 0.508 e. The number of piperidine rings is 2. The van der Waals surface area contributed by atoms with E-state index in [0.717, 1.165) is 80.5 Å². The molecule has 1 aliphatic carbocycles. The maximum atomic E-state index is 13.8. The van der Waals surface area contributed by atoms with Crippen LogP contribution in [0.3, 0.4) is 0 Å². The van der Waals surface area contributed by atoms with Crippen LogP contribution in [0.25, 0.3) is 0 Å². The number of nitrogens with zero attached hydrogens (tertiary/aromatic N) is 10. The second kappa shape index (κ2) is 18.4. The third kappa shape index (κ3) is 9.35. The highest BCUT2D eigenvalue weighted by Crippen LogP contribution is 2.53. The van der Waals surface area contributed by atoms with Gasteiger partial charge in [-0.1, -0.05) is 39.3 Å². The molecule has 0 spiro atoms. The number of hydrogen-bond donors (Lipinski definition) is 2. The molecule has 5 aliphatic rings. The number of nitrogens with one attached hydrogen (secondary N) is 1. The summed E-state index contributed by atoms with van der Waals surface area (Å²) < 4.78 is 2.23. The van der Waals surface area contributed by atoms with Crippen molar-refractivity contribution in [3.05, 3.63) is 87.3 Å². The summed E-state index contributed by atoms with van der Waals surface area (Å²) in [6, 6.07) is 14.6. The summed E-state index contributed by atoms with van der Waals surface area (Å²) in [4.78, 5) is 56.8. The smallest absolute Gasteiger partial charge is 0.254 e. The molecule has 0 bridgehead atoms. The van der Waals surface area contributed by atoms with Gasteiger partial charge in [0.2, 0.25) is 17.8 Å². The van der Waals surface area contributed by atoms with Gasteiger partial charge in [0.1, 0.15) is 11.8 Å². The third-order valence-corrected chi connectivity index (χ3v) is 14.4. The zero-order valence-corrected chi connectivity index (χ0v) is 38.7. The molecule has 3 fully saturated rings. The fraction of sp³-hybridized carbons (Fsp3) is 0.510. The fourth-order valence-electron chi connectivity index (χ4n) is 11.1. The summed E-state index contributed by atoms with van der Waals surface area (Å²) in [6.45, 7) is 15.2. The Labute approximate surface area is 386 Å². The number of halogens is 1. The number of carbonyl (C=O) groups excluding carboxylic acids is 3. The topological polar surface area (TPSA) is 188 Å². The number of fused-ring (bicyclic) bond motifs is 2. The number of carbonyl (C=O) groups is 3. The molecule has 15 nitrogen and oxygen atoms in total. The van der Waals surface area contributed by atoms with Gasteiger partial charge in [-0.15, -0.1) is 0 Å². The van der Waals surface area contributed by atoms with Crippen LogP contribution in [0.2, 0.25) is 5.02 Å². The number of phenols is 1. The molecule has 2 aromatic heterocycles. The van der Waals surface area contributed by atoms with Crippen LogP contribution in [0.4, 0.5) is 17.5 Å². The number of aryl methyl sites for hydroxylation is 1. The first-order valence-corrected chi connectivity index (χ1v) is 23.2.